The second kappa shape index (κ2) is 5.88. The molecule has 25 heavy (non-hydrogen) atoms. The number of aromatic amines is 1. The standard InChI is InChI=1S/C19H19FN2O2S/c1-12-10-13(20)6-8-17(12)22-25(23,24)14-7-9-19-16(11-14)15-4-2-3-5-18(15)21-19/h6-11,21-22H,2-5H2,1H3. The number of anilines is 1. The minimum Gasteiger partial charge on any atom is -0.358 e. The van der Waals surface area contributed by atoms with Gasteiger partial charge in [-0.05, 0) is 80.1 Å². The van der Waals surface area contributed by atoms with E-state index in [1.165, 1.54) is 29.5 Å². The van der Waals surface area contributed by atoms with Crippen LogP contribution in [0.5, 0.6) is 0 Å². The quantitative estimate of drug-likeness (QED) is 0.733. The normalized spacial score (nSPS) is 14.5. The van der Waals surface area contributed by atoms with Crippen molar-refractivity contribution in [2.24, 2.45) is 0 Å². The maximum atomic E-state index is 13.2. The predicted octanol–water partition coefficient (Wildman–Crippen LogP) is 4.30. The maximum Gasteiger partial charge on any atom is 0.261 e. The lowest BCUT2D eigenvalue weighted by Crippen LogP contribution is -2.13. The van der Waals surface area contributed by atoms with Gasteiger partial charge < -0.3 is 4.98 Å². The molecule has 0 saturated carbocycles. The fraction of sp³-hybridized carbons (Fsp3) is 0.263. The van der Waals surface area contributed by atoms with E-state index in [0.29, 0.717) is 11.3 Å². The number of hydrogen-bond acceptors (Lipinski definition) is 2. The van der Waals surface area contributed by atoms with Gasteiger partial charge in [-0.15, -0.1) is 0 Å². The Morgan fingerprint density at radius 1 is 1.08 bits per heavy atom. The Bertz CT molecular complexity index is 1070. The van der Waals surface area contributed by atoms with Crippen LogP contribution in [0.15, 0.2) is 41.3 Å². The Kier molecular flexibility index (Phi) is 3.80. The van der Waals surface area contributed by atoms with Crippen molar-refractivity contribution >= 4 is 26.6 Å². The molecule has 2 N–H and O–H groups in total. The van der Waals surface area contributed by atoms with E-state index in [0.717, 1.165) is 36.6 Å². The van der Waals surface area contributed by atoms with Crippen LogP contribution in [0, 0.1) is 12.7 Å². The number of benzene rings is 2. The number of hydrogen-bond donors (Lipinski definition) is 2. The third kappa shape index (κ3) is 2.91. The molecular formula is C19H19FN2O2S. The molecule has 1 aromatic heterocycles. The molecule has 1 aliphatic carbocycles. The smallest absolute Gasteiger partial charge is 0.261 e. The van der Waals surface area contributed by atoms with Crippen LogP contribution in [0.4, 0.5) is 10.1 Å². The lowest BCUT2D eigenvalue weighted by Gasteiger charge is -2.12. The number of H-pyrrole nitrogens is 1. The molecular weight excluding hydrogens is 339 g/mol. The first-order valence-corrected chi connectivity index (χ1v) is 9.85. The van der Waals surface area contributed by atoms with Crippen molar-refractivity contribution < 1.29 is 12.8 Å². The summed E-state index contributed by atoms with van der Waals surface area (Å²) >= 11 is 0. The van der Waals surface area contributed by atoms with E-state index >= 15 is 0 Å². The van der Waals surface area contributed by atoms with E-state index in [2.05, 4.69) is 9.71 Å². The first-order chi connectivity index (χ1) is 11.9. The first-order valence-electron chi connectivity index (χ1n) is 8.36. The van der Waals surface area contributed by atoms with Gasteiger partial charge >= 0.3 is 0 Å². The molecule has 6 heteroatoms. The van der Waals surface area contributed by atoms with E-state index in [9.17, 15) is 12.8 Å². The van der Waals surface area contributed by atoms with Crippen LogP contribution in [0.25, 0.3) is 10.9 Å². The monoisotopic (exact) mass is 358 g/mol. The van der Waals surface area contributed by atoms with Gasteiger partial charge in [-0.25, -0.2) is 12.8 Å². The molecule has 0 radical (unpaired) electrons. The molecule has 0 fully saturated rings. The molecule has 4 nitrogen and oxygen atoms in total. The summed E-state index contributed by atoms with van der Waals surface area (Å²) < 4.78 is 41.3. The van der Waals surface area contributed by atoms with Crippen molar-refractivity contribution in [2.75, 3.05) is 4.72 Å². The van der Waals surface area contributed by atoms with Crippen LogP contribution in [0.2, 0.25) is 0 Å². The highest BCUT2D eigenvalue weighted by molar-refractivity contribution is 7.92. The Morgan fingerprint density at radius 3 is 2.68 bits per heavy atom. The number of sulfonamides is 1. The summed E-state index contributed by atoms with van der Waals surface area (Å²) in [6.07, 6.45) is 4.28. The molecule has 0 bridgehead atoms. The third-order valence-electron chi connectivity index (χ3n) is 4.81. The average Bonchev–Trinajstić information content (AvgIpc) is 2.95. The van der Waals surface area contributed by atoms with Gasteiger partial charge in [0.15, 0.2) is 0 Å². The van der Waals surface area contributed by atoms with Crippen LogP contribution in [0.3, 0.4) is 0 Å². The number of halogens is 1. The van der Waals surface area contributed by atoms with Gasteiger partial charge in [0.25, 0.3) is 10.0 Å². The molecule has 0 atom stereocenters. The zero-order valence-corrected chi connectivity index (χ0v) is 14.7. The summed E-state index contributed by atoms with van der Waals surface area (Å²) in [5.74, 6) is -0.388. The van der Waals surface area contributed by atoms with E-state index in [1.807, 2.05) is 6.07 Å². The lowest BCUT2D eigenvalue weighted by atomic mass is 9.96. The van der Waals surface area contributed by atoms with Gasteiger partial charge in [0, 0.05) is 16.6 Å². The molecule has 0 unspecified atom stereocenters. The molecule has 0 saturated heterocycles. The van der Waals surface area contributed by atoms with Gasteiger partial charge in [0.2, 0.25) is 0 Å². The highest BCUT2D eigenvalue weighted by atomic mass is 32.2. The molecule has 2 aromatic carbocycles. The Hall–Kier alpha value is -2.34. The van der Waals surface area contributed by atoms with E-state index in [-0.39, 0.29) is 10.7 Å². The minimum atomic E-state index is -3.73. The lowest BCUT2D eigenvalue weighted by molar-refractivity contribution is 0.601. The van der Waals surface area contributed by atoms with Gasteiger partial charge in [0.05, 0.1) is 10.6 Å². The molecule has 0 aliphatic heterocycles. The van der Waals surface area contributed by atoms with Crippen LogP contribution < -0.4 is 4.72 Å². The van der Waals surface area contributed by atoms with Crippen molar-refractivity contribution in [1.29, 1.82) is 0 Å². The van der Waals surface area contributed by atoms with Gasteiger partial charge in [-0.1, -0.05) is 0 Å². The van der Waals surface area contributed by atoms with Crippen LogP contribution in [-0.2, 0) is 22.9 Å². The molecule has 0 spiro atoms. The zero-order valence-electron chi connectivity index (χ0n) is 13.9. The molecule has 0 amide bonds. The van der Waals surface area contributed by atoms with Crippen molar-refractivity contribution in [3.05, 3.63) is 59.0 Å². The number of fused-ring (bicyclic) bond motifs is 3. The van der Waals surface area contributed by atoms with Crippen LogP contribution in [-0.4, -0.2) is 13.4 Å². The van der Waals surface area contributed by atoms with Crippen molar-refractivity contribution in [3.63, 3.8) is 0 Å². The van der Waals surface area contributed by atoms with Gasteiger partial charge in [0.1, 0.15) is 5.82 Å². The molecule has 3 aromatic rings. The van der Waals surface area contributed by atoms with Crippen molar-refractivity contribution in [3.8, 4) is 0 Å². The summed E-state index contributed by atoms with van der Waals surface area (Å²) in [7, 11) is -3.73. The summed E-state index contributed by atoms with van der Waals surface area (Å²) in [6.45, 7) is 1.67. The molecule has 1 aliphatic rings. The third-order valence-corrected chi connectivity index (χ3v) is 6.18. The molecule has 130 valence electrons. The highest BCUT2D eigenvalue weighted by Crippen LogP contribution is 2.31. The average molecular weight is 358 g/mol. The summed E-state index contributed by atoms with van der Waals surface area (Å²) in [5, 5.41) is 0.980. The Labute approximate surface area is 146 Å². The fourth-order valence-electron chi connectivity index (χ4n) is 3.50. The maximum absolute atomic E-state index is 13.2. The second-order valence-electron chi connectivity index (χ2n) is 6.56. The largest absolute Gasteiger partial charge is 0.358 e. The van der Waals surface area contributed by atoms with E-state index in [4.69, 9.17) is 0 Å². The number of aromatic nitrogens is 1. The number of aryl methyl sites for hydroxylation is 3. The highest BCUT2D eigenvalue weighted by Gasteiger charge is 2.20. The van der Waals surface area contributed by atoms with Crippen LogP contribution >= 0.6 is 0 Å². The first kappa shape index (κ1) is 16.1. The van der Waals surface area contributed by atoms with Gasteiger partial charge in [-0.3, -0.25) is 4.72 Å². The fourth-order valence-corrected chi connectivity index (χ4v) is 4.65. The predicted molar refractivity (Wildman–Crippen MR) is 96.9 cm³/mol. The summed E-state index contributed by atoms with van der Waals surface area (Å²) in [5.41, 5.74) is 4.36. The summed E-state index contributed by atoms with van der Waals surface area (Å²) in [4.78, 5) is 3.62. The zero-order chi connectivity index (χ0) is 17.6. The minimum absolute atomic E-state index is 0.219. The summed E-state index contributed by atoms with van der Waals surface area (Å²) in [6, 6.07) is 9.15. The number of rotatable bonds is 3. The van der Waals surface area contributed by atoms with Gasteiger partial charge in [-0.2, -0.15) is 0 Å². The second-order valence-corrected chi connectivity index (χ2v) is 8.24. The van der Waals surface area contributed by atoms with E-state index in [1.54, 1.807) is 19.1 Å². The Balaban J connectivity index is 1.74. The molecule has 4 rings (SSSR count). The van der Waals surface area contributed by atoms with E-state index < -0.39 is 10.0 Å². The Morgan fingerprint density at radius 2 is 1.88 bits per heavy atom. The molecule has 1 heterocycles. The number of nitrogens with one attached hydrogen (secondary N) is 2. The van der Waals surface area contributed by atoms with Crippen LogP contribution in [0.1, 0.15) is 29.7 Å². The van der Waals surface area contributed by atoms with Crippen molar-refractivity contribution in [2.45, 2.75) is 37.5 Å². The van der Waals surface area contributed by atoms with Crippen molar-refractivity contribution in [1.82, 2.24) is 4.98 Å². The SMILES string of the molecule is Cc1cc(F)ccc1NS(=O)(=O)c1ccc2[nH]c3c(c2c1)CCCC3. The topological polar surface area (TPSA) is 62.0 Å².